The zero-order valence-corrected chi connectivity index (χ0v) is 18.5. The summed E-state index contributed by atoms with van der Waals surface area (Å²) in [5.74, 6) is 0.228. The Bertz CT molecular complexity index is 1050. The fraction of sp³-hybridized carbons (Fsp3) is 0.391. The lowest BCUT2D eigenvalue weighted by atomic mass is 9.97. The van der Waals surface area contributed by atoms with E-state index in [1.807, 2.05) is 25.1 Å². The molecule has 9 heteroatoms. The third-order valence-electron chi connectivity index (χ3n) is 5.41. The number of methoxy groups -OCH3 is 1. The van der Waals surface area contributed by atoms with E-state index in [2.05, 4.69) is 21.5 Å². The van der Waals surface area contributed by atoms with E-state index in [-0.39, 0.29) is 30.8 Å². The number of rotatable bonds is 8. The maximum absolute atomic E-state index is 13.2. The van der Waals surface area contributed by atoms with Gasteiger partial charge < -0.3 is 24.9 Å². The van der Waals surface area contributed by atoms with Gasteiger partial charge in [-0.2, -0.15) is 5.26 Å². The average Bonchev–Trinajstić information content (AvgIpc) is 3.22. The number of nitrogens with zero attached hydrogens (tertiary/aromatic N) is 4. The lowest BCUT2D eigenvalue weighted by Crippen LogP contribution is -2.38. The highest BCUT2D eigenvalue weighted by Crippen LogP contribution is 2.31. The smallest absolute Gasteiger partial charge is 0.273 e. The van der Waals surface area contributed by atoms with Crippen molar-refractivity contribution in [3.05, 3.63) is 47.2 Å². The number of hydrogen-bond donors (Lipinski definition) is 2. The highest BCUT2D eigenvalue weighted by molar-refractivity contribution is 6.00. The molecular formula is C23H27N5O4. The van der Waals surface area contributed by atoms with E-state index < -0.39 is 0 Å². The van der Waals surface area contributed by atoms with Crippen LogP contribution in [-0.2, 0) is 9.57 Å². The molecule has 9 nitrogen and oxygen atoms in total. The predicted molar refractivity (Wildman–Crippen MR) is 120 cm³/mol. The van der Waals surface area contributed by atoms with E-state index in [1.54, 1.807) is 24.1 Å². The van der Waals surface area contributed by atoms with Gasteiger partial charge in [0.25, 0.3) is 5.91 Å². The number of ether oxygens (including phenoxy) is 1. The summed E-state index contributed by atoms with van der Waals surface area (Å²) in [6.07, 6.45) is 0.452. The van der Waals surface area contributed by atoms with Crippen LogP contribution in [0.4, 0.5) is 5.82 Å². The van der Waals surface area contributed by atoms with Gasteiger partial charge in [0.05, 0.1) is 43.1 Å². The molecule has 1 atom stereocenters. The van der Waals surface area contributed by atoms with E-state index in [9.17, 15) is 15.2 Å². The van der Waals surface area contributed by atoms with Crippen LogP contribution < -0.4 is 5.32 Å². The van der Waals surface area contributed by atoms with E-state index in [1.165, 1.54) is 7.11 Å². The van der Waals surface area contributed by atoms with Crippen LogP contribution in [0, 0.1) is 18.3 Å². The van der Waals surface area contributed by atoms with E-state index in [4.69, 9.17) is 9.57 Å². The van der Waals surface area contributed by atoms with Gasteiger partial charge in [-0.05, 0) is 36.2 Å². The number of anilines is 1. The zero-order valence-electron chi connectivity index (χ0n) is 18.5. The number of nitriles is 1. The van der Waals surface area contributed by atoms with E-state index >= 15 is 0 Å². The number of hydrogen-bond acceptors (Lipinski definition) is 8. The Hall–Kier alpha value is -3.48. The number of aliphatic hydroxyl groups excluding tert-OH is 1. The highest BCUT2D eigenvalue weighted by Gasteiger charge is 2.34. The number of benzene rings is 1. The minimum Gasteiger partial charge on any atom is -0.399 e. The molecule has 2 aromatic rings. The van der Waals surface area contributed by atoms with Gasteiger partial charge in [-0.15, -0.1) is 0 Å². The number of aromatic nitrogens is 1. The van der Waals surface area contributed by atoms with Crippen LogP contribution in [0.1, 0.15) is 28.0 Å². The number of oxime groups is 1. The quantitative estimate of drug-likeness (QED) is 0.480. The molecule has 3 rings (SSSR count). The Kier molecular flexibility index (Phi) is 7.76. The standard InChI is InChI=1S/C23H27N5O4/c1-15-16(12-24)5-4-6-19(15)20-7-8-21(26-22(20)25-9-10-31-2)23(30)28-13-17(27-32-3)11-18(28)14-29/h4-8,18,29H,9-11,13-14H2,1-3H3,(H,25,26)/b27-17+. The van der Waals surface area contributed by atoms with E-state index in [0.717, 1.165) is 16.7 Å². The number of carbonyl (C=O) groups excluding carboxylic acids is 1. The molecule has 168 valence electrons. The number of nitrogens with one attached hydrogen (secondary N) is 1. The first-order valence-corrected chi connectivity index (χ1v) is 10.3. The van der Waals surface area contributed by atoms with Crippen LogP contribution in [0.25, 0.3) is 11.1 Å². The van der Waals surface area contributed by atoms with Crippen molar-refractivity contribution >= 4 is 17.4 Å². The minimum absolute atomic E-state index is 0.175. The summed E-state index contributed by atoms with van der Waals surface area (Å²) in [6.45, 7) is 2.95. The molecule has 1 amide bonds. The Morgan fingerprint density at radius 2 is 2.16 bits per heavy atom. The van der Waals surface area contributed by atoms with Crippen molar-refractivity contribution in [3.8, 4) is 17.2 Å². The SMILES string of the molecule is COCCNc1nc(C(=O)N2C/C(=N/OC)CC2CO)ccc1-c1cccc(C#N)c1C. The lowest BCUT2D eigenvalue weighted by Gasteiger charge is -2.22. The molecule has 0 radical (unpaired) electrons. The minimum atomic E-state index is -0.377. The molecule has 0 saturated carbocycles. The Morgan fingerprint density at radius 3 is 2.84 bits per heavy atom. The molecule has 2 N–H and O–H groups in total. The third kappa shape index (κ3) is 4.88. The van der Waals surface area contributed by atoms with Gasteiger partial charge in [-0.1, -0.05) is 17.3 Å². The first-order valence-electron chi connectivity index (χ1n) is 10.3. The Morgan fingerprint density at radius 1 is 1.34 bits per heavy atom. The van der Waals surface area contributed by atoms with Gasteiger partial charge >= 0.3 is 0 Å². The number of carbonyl (C=O) groups is 1. The second-order valence-corrected chi connectivity index (χ2v) is 7.42. The molecule has 2 heterocycles. The summed E-state index contributed by atoms with van der Waals surface area (Å²) in [6, 6.07) is 10.8. The van der Waals surface area contributed by atoms with Gasteiger partial charge in [0.2, 0.25) is 0 Å². The monoisotopic (exact) mass is 437 g/mol. The van der Waals surface area contributed by atoms with Gasteiger partial charge in [0.1, 0.15) is 18.6 Å². The number of amides is 1. The van der Waals surface area contributed by atoms with E-state index in [0.29, 0.717) is 36.7 Å². The topological polar surface area (TPSA) is 120 Å². The largest absolute Gasteiger partial charge is 0.399 e. The summed E-state index contributed by atoms with van der Waals surface area (Å²) in [5.41, 5.74) is 4.01. The summed E-state index contributed by atoms with van der Waals surface area (Å²) in [4.78, 5) is 24.2. The van der Waals surface area contributed by atoms with Gasteiger partial charge in [-0.25, -0.2) is 4.98 Å². The molecule has 1 aromatic heterocycles. The van der Waals surface area contributed by atoms with Crippen molar-refractivity contribution < 1.29 is 19.5 Å². The van der Waals surface area contributed by atoms with Gasteiger partial charge in [-0.3, -0.25) is 4.79 Å². The summed E-state index contributed by atoms with van der Waals surface area (Å²) >= 11 is 0. The molecule has 1 aromatic carbocycles. The van der Waals surface area contributed by atoms with Crippen molar-refractivity contribution in [2.45, 2.75) is 19.4 Å². The van der Waals surface area contributed by atoms with Crippen LogP contribution in [0.2, 0.25) is 0 Å². The predicted octanol–water partition coefficient (Wildman–Crippen LogP) is 2.20. The molecule has 1 unspecified atom stereocenters. The summed E-state index contributed by atoms with van der Waals surface area (Å²) in [7, 11) is 3.06. The van der Waals surface area contributed by atoms with Crippen LogP contribution >= 0.6 is 0 Å². The van der Waals surface area contributed by atoms with Crippen LogP contribution in [0.5, 0.6) is 0 Å². The molecule has 0 aliphatic carbocycles. The number of likely N-dealkylation sites (tertiary alicyclic amines) is 1. The van der Waals surface area contributed by atoms with Crippen molar-refractivity contribution in [1.82, 2.24) is 9.88 Å². The Balaban J connectivity index is 1.99. The highest BCUT2D eigenvalue weighted by atomic mass is 16.6. The van der Waals surface area contributed by atoms with Crippen molar-refractivity contribution in [2.75, 3.05) is 45.8 Å². The molecule has 0 bridgehead atoms. The summed E-state index contributed by atoms with van der Waals surface area (Å²) < 4.78 is 5.13. The van der Waals surface area contributed by atoms with Gasteiger partial charge in [0.15, 0.2) is 0 Å². The second-order valence-electron chi connectivity index (χ2n) is 7.42. The van der Waals surface area contributed by atoms with Crippen molar-refractivity contribution in [1.29, 1.82) is 5.26 Å². The zero-order chi connectivity index (χ0) is 23.1. The maximum atomic E-state index is 13.2. The first-order chi connectivity index (χ1) is 15.5. The lowest BCUT2D eigenvalue weighted by molar-refractivity contribution is 0.0674. The fourth-order valence-corrected chi connectivity index (χ4v) is 3.77. The van der Waals surface area contributed by atoms with Crippen LogP contribution in [0.15, 0.2) is 35.5 Å². The first kappa shape index (κ1) is 23.2. The Labute approximate surface area is 187 Å². The molecule has 1 fully saturated rings. The van der Waals surface area contributed by atoms with Crippen molar-refractivity contribution in [2.24, 2.45) is 5.16 Å². The molecule has 1 aliphatic heterocycles. The van der Waals surface area contributed by atoms with Crippen molar-refractivity contribution in [3.63, 3.8) is 0 Å². The second kappa shape index (κ2) is 10.7. The van der Waals surface area contributed by atoms with Crippen LogP contribution in [-0.4, -0.2) is 73.2 Å². The molecular weight excluding hydrogens is 410 g/mol. The molecule has 1 aliphatic rings. The van der Waals surface area contributed by atoms with Gasteiger partial charge in [0, 0.05) is 25.6 Å². The van der Waals surface area contributed by atoms with Crippen LogP contribution in [0.3, 0.4) is 0 Å². The molecule has 1 saturated heterocycles. The number of pyridine rings is 1. The fourth-order valence-electron chi connectivity index (χ4n) is 3.77. The number of aliphatic hydroxyl groups is 1. The third-order valence-corrected chi connectivity index (χ3v) is 5.41. The normalized spacial score (nSPS) is 16.8. The molecule has 32 heavy (non-hydrogen) atoms. The summed E-state index contributed by atoms with van der Waals surface area (Å²) in [5, 5.41) is 26.3. The molecule has 0 spiro atoms. The maximum Gasteiger partial charge on any atom is 0.273 e. The average molecular weight is 438 g/mol.